The second-order valence-electron chi connectivity index (χ2n) is 6.72. The first kappa shape index (κ1) is 18.3. The third-order valence-electron chi connectivity index (χ3n) is 4.62. The molecule has 4 heteroatoms. The van der Waals surface area contributed by atoms with Crippen molar-refractivity contribution in [2.45, 2.75) is 52.0 Å². The molecule has 0 radical (unpaired) electrons. The maximum absolute atomic E-state index is 12.2. The van der Waals surface area contributed by atoms with Gasteiger partial charge in [-0.05, 0) is 49.5 Å². The molecule has 1 aliphatic rings. The fourth-order valence-electron chi connectivity index (χ4n) is 3.42. The van der Waals surface area contributed by atoms with Crippen molar-refractivity contribution in [3.05, 3.63) is 34.9 Å². The average Bonchev–Trinajstić information content (AvgIpc) is 3.02. The Balaban J connectivity index is 1.96. The largest absolute Gasteiger partial charge is 0.354 e. The van der Waals surface area contributed by atoms with Crippen LogP contribution in [0.5, 0.6) is 0 Å². The zero-order valence-corrected chi connectivity index (χ0v) is 15.1. The summed E-state index contributed by atoms with van der Waals surface area (Å²) >= 11 is 6.16. The molecule has 2 unspecified atom stereocenters. The second kappa shape index (κ2) is 9.29. The SMILES string of the molecule is CCCC(C)CC(=O)NCC(c1cccc(Cl)c1)N1CCCC1. The van der Waals surface area contributed by atoms with Crippen LogP contribution in [0, 0.1) is 5.92 Å². The van der Waals surface area contributed by atoms with Crippen LogP contribution in [0.15, 0.2) is 24.3 Å². The van der Waals surface area contributed by atoms with Gasteiger partial charge in [-0.25, -0.2) is 0 Å². The van der Waals surface area contributed by atoms with E-state index < -0.39 is 0 Å². The molecule has 1 N–H and O–H groups in total. The lowest BCUT2D eigenvalue weighted by Gasteiger charge is -2.28. The molecule has 0 aromatic heterocycles. The molecule has 3 nitrogen and oxygen atoms in total. The Hall–Kier alpha value is -1.06. The first-order chi connectivity index (χ1) is 11.1. The minimum Gasteiger partial charge on any atom is -0.354 e. The number of carbonyl (C=O) groups is 1. The van der Waals surface area contributed by atoms with Crippen molar-refractivity contribution in [1.82, 2.24) is 10.2 Å². The summed E-state index contributed by atoms with van der Waals surface area (Å²) in [6.07, 6.45) is 5.33. The fraction of sp³-hybridized carbons (Fsp3) is 0.632. The summed E-state index contributed by atoms with van der Waals surface area (Å²) in [5.74, 6) is 0.619. The summed E-state index contributed by atoms with van der Waals surface area (Å²) < 4.78 is 0. The smallest absolute Gasteiger partial charge is 0.220 e. The molecule has 0 spiro atoms. The molecule has 1 fully saturated rings. The monoisotopic (exact) mass is 336 g/mol. The zero-order valence-electron chi connectivity index (χ0n) is 14.4. The standard InChI is InChI=1S/C19H29ClN2O/c1-3-7-15(2)12-19(23)21-14-18(22-10-4-5-11-22)16-8-6-9-17(20)13-16/h6,8-9,13,15,18H,3-5,7,10-12,14H2,1-2H3,(H,21,23). The number of hydrogen-bond donors (Lipinski definition) is 1. The lowest BCUT2D eigenvalue weighted by atomic mass is 10.0. The number of nitrogens with zero attached hydrogens (tertiary/aromatic N) is 1. The Morgan fingerprint density at radius 3 is 2.74 bits per heavy atom. The number of carbonyl (C=O) groups excluding carboxylic acids is 1. The van der Waals surface area contributed by atoms with Crippen LogP contribution in [-0.2, 0) is 4.79 Å². The van der Waals surface area contributed by atoms with E-state index in [9.17, 15) is 4.79 Å². The van der Waals surface area contributed by atoms with Gasteiger partial charge in [-0.15, -0.1) is 0 Å². The minimum absolute atomic E-state index is 0.164. The van der Waals surface area contributed by atoms with Gasteiger partial charge in [0.25, 0.3) is 0 Å². The minimum atomic E-state index is 0.164. The Morgan fingerprint density at radius 1 is 1.35 bits per heavy atom. The molecule has 1 heterocycles. The molecule has 1 amide bonds. The highest BCUT2D eigenvalue weighted by Gasteiger charge is 2.24. The van der Waals surface area contributed by atoms with Crippen LogP contribution in [-0.4, -0.2) is 30.4 Å². The second-order valence-corrected chi connectivity index (χ2v) is 7.15. The third-order valence-corrected chi connectivity index (χ3v) is 4.86. The molecule has 1 aliphatic heterocycles. The molecule has 1 aromatic carbocycles. The third kappa shape index (κ3) is 5.82. The zero-order chi connectivity index (χ0) is 16.7. The van der Waals surface area contributed by atoms with Gasteiger partial charge in [0, 0.05) is 18.0 Å². The van der Waals surface area contributed by atoms with Gasteiger partial charge in [0.2, 0.25) is 5.91 Å². The van der Waals surface area contributed by atoms with Crippen molar-refractivity contribution < 1.29 is 4.79 Å². The topological polar surface area (TPSA) is 32.3 Å². The first-order valence-electron chi connectivity index (χ1n) is 8.86. The van der Waals surface area contributed by atoms with E-state index in [-0.39, 0.29) is 11.9 Å². The lowest BCUT2D eigenvalue weighted by Crippen LogP contribution is -2.37. The van der Waals surface area contributed by atoms with Gasteiger partial charge < -0.3 is 5.32 Å². The van der Waals surface area contributed by atoms with Crippen molar-refractivity contribution in [2.75, 3.05) is 19.6 Å². The summed E-state index contributed by atoms with van der Waals surface area (Å²) in [5, 5.41) is 3.90. The van der Waals surface area contributed by atoms with E-state index in [1.54, 1.807) is 0 Å². The Kier molecular flexibility index (Phi) is 7.38. The maximum atomic E-state index is 12.2. The van der Waals surface area contributed by atoms with Crippen LogP contribution in [0.1, 0.15) is 57.6 Å². The molecule has 1 saturated heterocycles. The number of halogens is 1. The van der Waals surface area contributed by atoms with E-state index in [1.165, 1.54) is 18.4 Å². The molecule has 23 heavy (non-hydrogen) atoms. The van der Waals surface area contributed by atoms with Crippen molar-refractivity contribution in [3.8, 4) is 0 Å². The molecule has 2 rings (SSSR count). The number of hydrogen-bond acceptors (Lipinski definition) is 2. The predicted molar refractivity (Wildman–Crippen MR) is 96.7 cm³/mol. The van der Waals surface area contributed by atoms with E-state index >= 15 is 0 Å². The van der Waals surface area contributed by atoms with Gasteiger partial charge in [-0.2, -0.15) is 0 Å². The Bertz CT molecular complexity index is 500. The number of likely N-dealkylation sites (tertiary alicyclic amines) is 1. The average molecular weight is 337 g/mol. The number of benzene rings is 1. The van der Waals surface area contributed by atoms with Crippen LogP contribution >= 0.6 is 11.6 Å². The summed E-state index contributed by atoms with van der Waals surface area (Å²) in [5.41, 5.74) is 1.20. The van der Waals surface area contributed by atoms with Crippen molar-refractivity contribution in [3.63, 3.8) is 0 Å². The highest BCUT2D eigenvalue weighted by molar-refractivity contribution is 6.30. The lowest BCUT2D eigenvalue weighted by molar-refractivity contribution is -0.122. The molecule has 1 aromatic rings. The summed E-state index contributed by atoms with van der Waals surface area (Å²) in [6, 6.07) is 8.25. The van der Waals surface area contributed by atoms with Gasteiger partial charge in [0.15, 0.2) is 0 Å². The number of nitrogens with one attached hydrogen (secondary N) is 1. The molecule has 0 saturated carbocycles. The molecule has 128 valence electrons. The van der Waals surface area contributed by atoms with E-state index in [0.717, 1.165) is 31.0 Å². The molecular formula is C19H29ClN2O. The van der Waals surface area contributed by atoms with Gasteiger partial charge in [0.1, 0.15) is 0 Å². The van der Waals surface area contributed by atoms with Crippen molar-refractivity contribution in [2.24, 2.45) is 5.92 Å². The van der Waals surface area contributed by atoms with E-state index in [4.69, 9.17) is 11.6 Å². The van der Waals surface area contributed by atoms with Crippen LogP contribution in [0.25, 0.3) is 0 Å². The summed E-state index contributed by atoms with van der Waals surface area (Å²) in [4.78, 5) is 14.6. The molecular weight excluding hydrogens is 308 g/mol. The van der Waals surface area contributed by atoms with Crippen LogP contribution in [0.4, 0.5) is 0 Å². The van der Waals surface area contributed by atoms with Crippen LogP contribution in [0.3, 0.4) is 0 Å². The Labute approximate surface area is 145 Å². The highest BCUT2D eigenvalue weighted by Crippen LogP contribution is 2.26. The van der Waals surface area contributed by atoms with Gasteiger partial charge in [-0.1, -0.05) is 50.4 Å². The van der Waals surface area contributed by atoms with Crippen LogP contribution < -0.4 is 5.32 Å². The van der Waals surface area contributed by atoms with Crippen molar-refractivity contribution >= 4 is 17.5 Å². The maximum Gasteiger partial charge on any atom is 0.220 e. The van der Waals surface area contributed by atoms with Gasteiger partial charge in [-0.3, -0.25) is 9.69 Å². The first-order valence-corrected chi connectivity index (χ1v) is 9.24. The predicted octanol–water partition coefficient (Wildman–Crippen LogP) is 4.42. The van der Waals surface area contributed by atoms with E-state index in [1.807, 2.05) is 18.2 Å². The summed E-state index contributed by atoms with van der Waals surface area (Å²) in [6.45, 7) is 7.17. The van der Waals surface area contributed by atoms with Gasteiger partial charge >= 0.3 is 0 Å². The Morgan fingerprint density at radius 2 is 2.09 bits per heavy atom. The quantitative estimate of drug-likeness (QED) is 0.762. The van der Waals surface area contributed by atoms with E-state index in [0.29, 0.717) is 18.9 Å². The van der Waals surface area contributed by atoms with Crippen molar-refractivity contribution in [1.29, 1.82) is 0 Å². The highest BCUT2D eigenvalue weighted by atomic mass is 35.5. The number of amides is 1. The molecule has 2 atom stereocenters. The normalized spacial score (nSPS) is 17.9. The fourth-order valence-corrected chi connectivity index (χ4v) is 3.62. The number of rotatable bonds is 8. The van der Waals surface area contributed by atoms with Crippen LogP contribution in [0.2, 0.25) is 5.02 Å². The molecule has 0 aliphatic carbocycles. The van der Waals surface area contributed by atoms with Gasteiger partial charge in [0.05, 0.1) is 6.04 Å². The summed E-state index contributed by atoms with van der Waals surface area (Å²) in [7, 11) is 0. The van der Waals surface area contributed by atoms with E-state index in [2.05, 4.69) is 30.1 Å². The molecule has 0 bridgehead atoms.